The Labute approximate surface area is 116 Å². The molecular formula is C18H21N. The molecule has 0 N–H and O–H groups in total. The lowest BCUT2D eigenvalue weighted by Crippen LogP contribution is -2.07. The maximum Gasteiger partial charge on any atom is 0.0361 e. The molecule has 0 saturated carbocycles. The van der Waals surface area contributed by atoms with Crippen LogP contribution in [0.3, 0.4) is 0 Å². The summed E-state index contributed by atoms with van der Waals surface area (Å²) < 4.78 is 0. The van der Waals surface area contributed by atoms with Crippen LogP contribution in [0.15, 0.2) is 42.5 Å². The molecule has 1 nitrogen and oxygen atoms in total. The van der Waals surface area contributed by atoms with Gasteiger partial charge < -0.3 is 4.90 Å². The number of anilines is 1. The Morgan fingerprint density at radius 1 is 0.737 bits per heavy atom. The lowest BCUT2D eigenvalue weighted by Gasteiger charge is -2.11. The summed E-state index contributed by atoms with van der Waals surface area (Å²) in [6.07, 6.45) is 4.32. The monoisotopic (exact) mass is 251 g/mol. The Balaban J connectivity index is 2.15. The Bertz CT molecular complexity index is 577. The molecule has 1 heteroatoms. The van der Waals surface area contributed by atoms with Crippen LogP contribution in [0.5, 0.6) is 0 Å². The highest BCUT2D eigenvalue weighted by Crippen LogP contribution is 2.16. The lowest BCUT2D eigenvalue weighted by atomic mass is 10.1. The first kappa shape index (κ1) is 13.4. The van der Waals surface area contributed by atoms with Crippen LogP contribution in [-0.2, 0) is 0 Å². The second-order valence-corrected chi connectivity index (χ2v) is 5.16. The van der Waals surface area contributed by atoms with Gasteiger partial charge in [0.1, 0.15) is 0 Å². The first-order valence-electron chi connectivity index (χ1n) is 6.59. The van der Waals surface area contributed by atoms with E-state index in [1.807, 2.05) is 0 Å². The van der Waals surface area contributed by atoms with Crippen LogP contribution >= 0.6 is 0 Å². The van der Waals surface area contributed by atoms with E-state index in [1.54, 1.807) is 0 Å². The van der Waals surface area contributed by atoms with Crippen molar-refractivity contribution in [3.05, 3.63) is 64.7 Å². The predicted molar refractivity (Wildman–Crippen MR) is 85.6 cm³/mol. The second kappa shape index (κ2) is 5.75. The summed E-state index contributed by atoms with van der Waals surface area (Å²) in [7, 11) is 4.11. The highest BCUT2D eigenvalue weighted by atomic mass is 15.1. The summed E-state index contributed by atoms with van der Waals surface area (Å²) >= 11 is 0. The van der Waals surface area contributed by atoms with Crippen molar-refractivity contribution in [2.75, 3.05) is 19.0 Å². The van der Waals surface area contributed by atoms with Crippen LogP contribution in [0.1, 0.15) is 22.3 Å². The summed E-state index contributed by atoms with van der Waals surface area (Å²) in [5.74, 6) is 0. The Hall–Kier alpha value is -2.02. The molecule has 98 valence electrons. The summed E-state index contributed by atoms with van der Waals surface area (Å²) in [5, 5.41) is 0. The third kappa shape index (κ3) is 3.47. The van der Waals surface area contributed by atoms with Gasteiger partial charge in [-0.25, -0.2) is 0 Å². The largest absolute Gasteiger partial charge is 0.378 e. The van der Waals surface area contributed by atoms with Crippen molar-refractivity contribution in [2.45, 2.75) is 13.8 Å². The zero-order chi connectivity index (χ0) is 13.8. The van der Waals surface area contributed by atoms with Gasteiger partial charge in [0.25, 0.3) is 0 Å². The van der Waals surface area contributed by atoms with Gasteiger partial charge in [-0.1, -0.05) is 42.5 Å². The van der Waals surface area contributed by atoms with Crippen molar-refractivity contribution in [1.82, 2.24) is 0 Å². The zero-order valence-corrected chi connectivity index (χ0v) is 12.1. The molecule has 0 fully saturated rings. The highest BCUT2D eigenvalue weighted by Gasteiger charge is 1.95. The molecule has 0 heterocycles. The first-order valence-corrected chi connectivity index (χ1v) is 6.59. The molecule has 2 rings (SSSR count). The molecule has 0 amide bonds. The smallest absolute Gasteiger partial charge is 0.0361 e. The van der Waals surface area contributed by atoms with Gasteiger partial charge in [0.2, 0.25) is 0 Å². The fourth-order valence-electron chi connectivity index (χ4n) is 1.94. The lowest BCUT2D eigenvalue weighted by molar-refractivity contribution is 1.13. The van der Waals surface area contributed by atoms with Gasteiger partial charge in [-0.05, 0) is 48.2 Å². The molecule has 0 aliphatic heterocycles. The molecule has 2 aromatic rings. The third-order valence-corrected chi connectivity index (χ3v) is 3.41. The molecule has 0 bridgehead atoms. The topological polar surface area (TPSA) is 3.24 Å². The number of benzene rings is 2. The summed E-state index contributed by atoms with van der Waals surface area (Å²) in [6, 6.07) is 15.1. The van der Waals surface area contributed by atoms with E-state index in [1.165, 1.54) is 27.9 Å². The number of hydrogen-bond acceptors (Lipinski definition) is 1. The first-order chi connectivity index (χ1) is 9.06. The van der Waals surface area contributed by atoms with Crippen molar-refractivity contribution >= 4 is 17.8 Å². The van der Waals surface area contributed by atoms with Gasteiger partial charge >= 0.3 is 0 Å². The van der Waals surface area contributed by atoms with Gasteiger partial charge in [-0.15, -0.1) is 0 Å². The Morgan fingerprint density at radius 2 is 1.32 bits per heavy atom. The maximum atomic E-state index is 2.22. The number of aryl methyl sites for hydroxylation is 2. The van der Waals surface area contributed by atoms with E-state index in [2.05, 4.69) is 87.5 Å². The van der Waals surface area contributed by atoms with Crippen molar-refractivity contribution in [1.29, 1.82) is 0 Å². The minimum Gasteiger partial charge on any atom is -0.378 e. The predicted octanol–water partition coefficient (Wildman–Crippen LogP) is 4.54. The minimum absolute atomic E-state index is 1.23. The molecule has 0 saturated heterocycles. The number of hydrogen-bond donors (Lipinski definition) is 0. The van der Waals surface area contributed by atoms with Crippen LogP contribution in [0.4, 0.5) is 5.69 Å². The van der Waals surface area contributed by atoms with Crippen molar-refractivity contribution in [2.24, 2.45) is 0 Å². The maximum absolute atomic E-state index is 2.22. The van der Waals surface area contributed by atoms with Gasteiger partial charge in [-0.2, -0.15) is 0 Å². The van der Waals surface area contributed by atoms with Crippen molar-refractivity contribution in [3.8, 4) is 0 Å². The molecule has 0 unspecified atom stereocenters. The third-order valence-electron chi connectivity index (χ3n) is 3.41. The van der Waals surface area contributed by atoms with Crippen LogP contribution in [0.2, 0.25) is 0 Å². The molecule has 0 atom stereocenters. The van der Waals surface area contributed by atoms with E-state index in [-0.39, 0.29) is 0 Å². The van der Waals surface area contributed by atoms with Gasteiger partial charge in [0.15, 0.2) is 0 Å². The number of nitrogens with zero attached hydrogens (tertiary/aromatic N) is 1. The molecule has 0 aromatic heterocycles. The zero-order valence-electron chi connectivity index (χ0n) is 12.1. The fourth-order valence-corrected chi connectivity index (χ4v) is 1.94. The van der Waals surface area contributed by atoms with Crippen LogP contribution in [0.25, 0.3) is 12.2 Å². The van der Waals surface area contributed by atoms with Gasteiger partial charge in [-0.3, -0.25) is 0 Å². The average Bonchev–Trinajstić information content (AvgIpc) is 2.40. The second-order valence-electron chi connectivity index (χ2n) is 5.16. The molecule has 19 heavy (non-hydrogen) atoms. The van der Waals surface area contributed by atoms with Crippen LogP contribution in [-0.4, -0.2) is 14.1 Å². The summed E-state index contributed by atoms with van der Waals surface area (Å²) in [6.45, 7) is 4.29. The van der Waals surface area contributed by atoms with E-state index in [0.717, 1.165) is 0 Å². The Kier molecular flexibility index (Phi) is 4.06. The molecule has 0 radical (unpaired) electrons. The van der Waals surface area contributed by atoms with E-state index in [4.69, 9.17) is 0 Å². The summed E-state index contributed by atoms with van der Waals surface area (Å²) in [4.78, 5) is 2.11. The molecule has 2 aromatic carbocycles. The van der Waals surface area contributed by atoms with E-state index in [0.29, 0.717) is 0 Å². The van der Waals surface area contributed by atoms with Crippen molar-refractivity contribution < 1.29 is 0 Å². The van der Waals surface area contributed by atoms with Gasteiger partial charge in [0.05, 0.1) is 0 Å². The molecular weight excluding hydrogens is 230 g/mol. The number of rotatable bonds is 3. The SMILES string of the molecule is Cc1ccc(C=Cc2ccc(N(C)C)cc2)cc1C. The minimum atomic E-state index is 1.23. The van der Waals surface area contributed by atoms with Crippen molar-refractivity contribution in [3.63, 3.8) is 0 Å². The fraction of sp³-hybridized carbons (Fsp3) is 0.222. The summed E-state index contributed by atoms with van der Waals surface area (Å²) in [5.41, 5.74) is 6.38. The quantitative estimate of drug-likeness (QED) is 0.724. The van der Waals surface area contributed by atoms with E-state index < -0.39 is 0 Å². The van der Waals surface area contributed by atoms with Crippen LogP contribution in [0, 0.1) is 13.8 Å². The molecule has 0 aliphatic carbocycles. The van der Waals surface area contributed by atoms with E-state index >= 15 is 0 Å². The highest BCUT2D eigenvalue weighted by molar-refractivity contribution is 5.70. The normalized spacial score (nSPS) is 10.9. The van der Waals surface area contributed by atoms with E-state index in [9.17, 15) is 0 Å². The molecule has 0 spiro atoms. The Morgan fingerprint density at radius 3 is 1.89 bits per heavy atom. The average molecular weight is 251 g/mol. The van der Waals surface area contributed by atoms with Gasteiger partial charge in [0, 0.05) is 19.8 Å². The standard InChI is InChI=1S/C18H21N/c1-14-5-6-17(13-15(14)2)8-7-16-9-11-18(12-10-16)19(3)4/h5-13H,1-4H3. The van der Waals surface area contributed by atoms with Crippen LogP contribution < -0.4 is 4.90 Å². The molecule has 0 aliphatic rings.